The summed E-state index contributed by atoms with van der Waals surface area (Å²) in [6, 6.07) is 2.95. The molecule has 1 amide bonds. The minimum atomic E-state index is -0.241. The van der Waals surface area contributed by atoms with Crippen molar-refractivity contribution in [1.29, 1.82) is 0 Å². The lowest BCUT2D eigenvalue weighted by molar-refractivity contribution is 0.0932. The maximum atomic E-state index is 11.9. The van der Waals surface area contributed by atoms with Crippen molar-refractivity contribution >= 4 is 5.91 Å². The Labute approximate surface area is 113 Å². The van der Waals surface area contributed by atoms with Crippen LogP contribution in [0.4, 0.5) is 0 Å². The Balaban J connectivity index is 2.60. The molecule has 1 heterocycles. The second-order valence-electron chi connectivity index (χ2n) is 5.54. The van der Waals surface area contributed by atoms with Gasteiger partial charge in [0.15, 0.2) is 0 Å². The highest BCUT2D eigenvalue weighted by Gasteiger charge is 2.18. The molecule has 0 unspecified atom stereocenters. The molecule has 0 aliphatic rings. The van der Waals surface area contributed by atoms with Crippen LogP contribution >= 0.6 is 0 Å². The van der Waals surface area contributed by atoms with Gasteiger partial charge in [0.25, 0.3) is 11.5 Å². The van der Waals surface area contributed by atoms with Gasteiger partial charge in [-0.1, -0.05) is 13.8 Å². The Morgan fingerprint density at radius 2 is 2.16 bits per heavy atom. The molecule has 0 spiro atoms. The molecule has 0 saturated heterocycles. The van der Waals surface area contributed by atoms with Crippen LogP contribution in [0.15, 0.2) is 23.1 Å². The molecule has 1 aromatic rings. The molecule has 106 valence electrons. The van der Waals surface area contributed by atoms with Gasteiger partial charge in [0.2, 0.25) is 0 Å². The van der Waals surface area contributed by atoms with E-state index in [0.717, 1.165) is 12.8 Å². The SMILES string of the molecule is Cn1ccc(C(=O)NCC(C)(C)CCCO)cc1=O. The minimum absolute atomic E-state index is 0.0713. The first-order valence-electron chi connectivity index (χ1n) is 6.41. The van der Waals surface area contributed by atoms with E-state index in [1.54, 1.807) is 19.3 Å². The number of aliphatic hydroxyl groups is 1. The molecule has 0 fully saturated rings. The third-order valence-corrected chi connectivity index (χ3v) is 3.11. The van der Waals surface area contributed by atoms with Gasteiger partial charge in [0, 0.05) is 38.0 Å². The van der Waals surface area contributed by atoms with E-state index < -0.39 is 0 Å². The van der Waals surface area contributed by atoms with Gasteiger partial charge in [-0.25, -0.2) is 0 Å². The van der Waals surface area contributed by atoms with Crippen molar-refractivity contribution in [1.82, 2.24) is 9.88 Å². The Hall–Kier alpha value is -1.62. The van der Waals surface area contributed by atoms with E-state index in [-0.39, 0.29) is 23.5 Å². The van der Waals surface area contributed by atoms with Gasteiger partial charge in [-0.15, -0.1) is 0 Å². The van der Waals surface area contributed by atoms with Gasteiger partial charge >= 0.3 is 0 Å². The molecule has 0 aliphatic heterocycles. The highest BCUT2D eigenvalue weighted by Crippen LogP contribution is 2.20. The van der Waals surface area contributed by atoms with Crippen LogP contribution in [0, 0.1) is 5.41 Å². The molecule has 2 N–H and O–H groups in total. The van der Waals surface area contributed by atoms with Crippen molar-refractivity contribution in [3.8, 4) is 0 Å². The van der Waals surface area contributed by atoms with Gasteiger partial charge in [0.1, 0.15) is 0 Å². The first kappa shape index (κ1) is 15.4. The number of nitrogens with zero attached hydrogens (tertiary/aromatic N) is 1. The molecule has 0 bridgehead atoms. The average molecular weight is 266 g/mol. The molecule has 5 heteroatoms. The molecular weight excluding hydrogens is 244 g/mol. The third-order valence-electron chi connectivity index (χ3n) is 3.11. The van der Waals surface area contributed by atoms with Crippen LogP contribution in [0.2, 0.25) is 0 Å². The molecule has 0 saturated carbocycles. The standard InChI is InChI=1S/C14H22N2O3/c1-14(2,6-4-8-17)10-15-13(19)11-5-7-16(3)12(18)9-11/h5,7,9,17H,4,6,8,10H2,1-3H3,(H,15,19). The minimum Gasteiger partial charge on any atom is -0.396 e. The van der Waals surface area contributed by atoms with Gasteiger partial charge < -0.3 is 15.0 Å². The first-order valence-corrected chi connectivity index (χ1v) is 6.41. The topological polar surface area (TPSA) is 71.3 Å². The van der Waals surface area contributed by atoms with Crippen LogP contribution in [0.3, 0.4) is 0 Å². The maximum absolute atomic E-state index is 11.9. The predicted molar refractivity (Wildman–Crippen MR) is 74.1 cm³/mol. The Morgan fingerprint density at radius 3 is 2.74 bits per heavy atom. The molecule has 0 atom stereocenters. The van der Waals surface area contributed by atoms with Crippen LogP contribution in [0.1, 0.15) is 37.0 Å². The van der Waals surface area contributed by atoms with Crippen molar-refractivity contribution < 1.29 is 9.90 Å². The van der Waals surface area contributed by atoms with Crippen LogP contribution < -0.4 is 10.9 Å². The van der Waals surface area contributed by atoms with E-state index in [1.807, 2.05) is 13.8 Å². The van der Waals surface area contributed by atoms with E-state index in [1.165, 1.54) is 10.6 Å². The second kappa shape index (κ2) is 6.52. The van der Waals surface area contributed by atoms with Gasteiger partial charge in [-0.3, -0.25) is 9.59 Å². The summed E-state index contributed by atoms with van der Waals surface area (Å²) in [6.45, 7) is 4.74. The quantitative estimate of drug-likeness (QED) is 0.804. The van der Waals surface area contributed by atoms with Crippen LogP contribution in [-0.4, -0.2) is 28.7 Å². The summed E-state index contributed by atoms with van der Waals surface area (Å²) in [5.41, 5.74) is 0.103. The maximum Gasteiger partial charge on any atom is 0.251 e. The number of aromatic nitrogens is 1. The normalized spacial score (nSPS) is 11.4. The molecular formula is C14H22N2O3. The lowest BCUT2D eigenvalue weighted by atomic mass is 9.88. The number of hydrogen-bond donors (Lipinski definition) is 2. The van der Waals surface area contributed by atoms with Crippen LogP contribution in [0.25, 0.3) is 0 Å². The molecule has 1 rings (SSSR count). The largest absolute Gasteiger partial charge is 0.396 e. The molecule has 0 aromatic carbocycles. The summed E-state index contributed by atoms with van der Waals surface area (Å²) in [6.07, 6.45) is 3.13. The second-order valence-corrected chi connectivity index (χ2v) is 5.54. The molecule has 5 nitrogen and oxygen atoms in total. The van der Waals surface area contributed by atoms with Crippen molar-refractivity contribution in [2.75, 3.05) is 13.2 Å². The molecule has 0 aliphatic carbocycles. The molecule has 1 aromatic heterocycles. The number of amides is 1. The van der Waals surface area contributed by atoms with E-state index in [4.69, 9.17) is 5.11 Å². The van der Waals surface area contributed by atoms with Crippen LogP contribution in [-0.2, 0) is 7.05 Å². The number of pyridine rings is 1. The first-order chi connectivity index (χ1) is 8.85. The number of carbonyl (C=O) groups is 1. The fraction of sp³-hybridized carbons (Fsp3) is 0.571. The molecule has 19 heavy (non-hydrogen) atoms. The summed E-state index contributed by atoms with van der Waals surface area (Å²) < 4.78 is 1.42. The number of carbonyl (C=O) groups excluding carboxylic acids is 1. The van der Waals surface area contributed by atoms with E-state index >= 15 is 0 Å². The van der Waals surface area contributed by atoms with Gasteiger partial charge in [-0.05, 0) is 24.3 Å². The van der Waals surface area contributed by atoms with Crippen molar-refractivity contribution in [3.63, 3.8) is 0 Å². The van der Waals surface area contributed by atoms with Crippen molar-refractivity contribution in [2.24, 2.45) is 12.5 Å². The van der Waals surface area contributed by atoms with E-state index in [2.05, 4.69) is 5.32 Å². The Kier molecular flexibility index (Phi) is 5.30. The zero-order valence-electron chi connectivity index (χ0n) is 11.8. The summed E-state index contributed by atoms with van der Waals surface area (Å²) in [5, 5.41) is 11.6. The summed E-state index contributed by atoms with van der Waals surface area (Å²) >= 11 is 0. The van der Waals surface area contributed by atoms with Gasteiger partial charge in [-0.2, -0.15) is 0 Å². The summed E-state index contributed by atoms with van der Waals surface area (Å²) in [5.74, 6) is -0.241. The number of nitrogens with one attached hydrogen (secondary N) is 1. The zero-order chi connectivity index (χ0) is 14.5. The highest BCUT2D eigenvalue weighted by atomic mass is 16.3. The third kappa shape index (κ3) is 4.87. The predicted octanol–water partition coefficient (Wildman–Crippen LogP) is 0.914. The van der Waals surface area contributed by atoms with Gasteiger partial charge in [0.05, 0.1) is 0 Å². The lowest BCUT2D eigenvalue weighted by Gasteiger charge is -2.24. The number of rotatable bonds is 6. The van der Waals surface area contributed by atoms with E-state index in [9.17, 15) is 9.59 Å². The summed E-state index contributed by atoms with van der Waals surface area (Å²) in [4.78, 5) is 23.4. The van der Waals surface area contributed by atoms with Crippen LogP contribution in [0.5, 0.6) is 0 Å². The Morgan fingerprint density at radius 1 is 1.47 bits per heavy atom. The average Bonchev–Trinajstić information content (AvgIpc) is 2.37. The molecule has 0 radical (unpaired) electrons. The zero-order valence-corrected chi connectivity index (χ0v) is 11.8. The van der Waals surface area contributed by atoms with Crippen molar-refractivity contribution in [3.05, 3.63) is 34.2 Å². The number of aryl methyl sites for hydroxylation is 1. The van der Waals surface area contributed by atoms with Crippen molar-refractivity contribution in [2.45, 2.75) is 26.7 Å². The van der Waals surface area contributed by atoms with E-state index in [0.29, 0.717) is 12.1 Å². The summed E-state index contributed by atoms with van der Waals surface area (Å²) in [7, 11) is 1.64. The highest BCUT2D eigenvalue weighted by molar-refractivity contribution is 5.93. The lowest BCUT2D eigenvalue weighted by Crippen LogP contribution is -2.34. The smallest absolute Gasteiger partial charge is 0.251 e. The Bertz CT molecular complexity index is 492. The number of aliphatic hydroxyl groups excluding tert-OH is 1. The monoisotopic (exact) mass is 266 g/mol. The number of hydrogen-bond acceptors (Lipinski definition) is 3. The fourth-order valence-electron chi connectivity index (χ4n) is 1.76. The fourth-order valence-corrected chi connectivity index (χ4v) is 1.76.